The summed E-state index contributed by atoms with van der Waals surface area (Å²) in [6, 6.07) is 24.7. The Labute approximate surface area is 263 Å². The molecule has 0 bridgehead atoms. The van der Waals surface area contributed by atoms with E-state index in [0.29, 0.717) is 38.2 Å². The van der Waals surface area contributed by atoms with E-state index >= 15 is 0 Å². The van der Waals surface area contributed by atoms with E-state index in [1.807, 2.05) is 41.3 Å². The van der Waals surface area contributed by atoms with Gasteiger partial charge in [0.15, 0.2) is 0 Å². The summed E-state index contributed by atoms with van der Waals surface area (Å²) >= 11 is 0. The van der Waals surface area contributed by atoms with Gasteiger partial charge in [-0.25, -0.2) is 0 Å². The second-order valence-corrected chi connectivity index (χ2v) is 11.9. The van der Waals surface area contributed by atoms with E-state index in [2.05, 4.69) is 51.9 Å². The van der Waals surface area contributed by atoms with E-state index in [4.69, 9.17) is 14.7 Å². The smallest absolute Gasteiger partial charge is 0.249 e. The highest BCUT2D eigenvalue weighted by Gasteiger charge is 2.37. The van der Waals surface area contributed by atoms with Crippen molar-refractivity contribution in [2.45, 2.75) is 64.1 Å². The van der Waals surface area contributed by atoms with Gasteiger partial charge in [-0.1, -0.05) is 48.5 Å². The van der Waals surface area contributed by atoms with Gasteiger partial charge in [0.2, 0.25) is 11.8 Å². The minimum absolute atomic E-state index is 0.0610. The number of fused-ring (bicyclic) bond motifs is 2. The van der Waals surface area contributed by atoms with E-state index < -0.39 is 12.2 Å². The molecule has 4 heterocycles. The van der Waals surface area contributed by atoms with Crippen molar-refractivity contribution in [1.82, 2.24) is 30.4 Å². The summed E-state index contributed by atoms with van der Waals surface area (Å²) in [5, 5.41) is 18.5. The third kappa shape index (κ3) is 7.83. The summed E-state index contributed by atoms with van der Waals surface area (Å²) in [7, 11) is 0. The van der Waals surface area contributed by atoms with Crippen molar-refractivity contribution in [2.24, 2.45) is 0 Å². The van der Waals surface area contributed by atoms with Gasteiger partial charge in [0.25, 0.3) is 0 Å². The molecule has 3 N–H and O–H groups in total. The van der Waals surface area contributed by atoms with Gasteiger partial charge in [-0.05, 0) is 50.6 Å². The minimum atomic E-state index is -0.692. The van der Waals surface area contributed by atoms with Crippen molar-refractivity contribution in [3.05, 3.63) is 96.0 Å². The molecule has 0 aliphatic carbocycles. The van der Waals surface area contributed by atoms with Gasteiger partial charge in [0.05, 0.1) is 35.2 Å². The SMILES string of the molecule is CC1=CN(C2CC(O)C(CNC(=O)CCCCN(Cc3ccc4ccccc4n3)Cc3ccc4ccccc4n3)O2)CNC1=O. The number of aliphatic hydroxyl groups is 1. The fraction of sp³-hybridized carbons (Fsp3) is 0.371. The molecule has 0 saturated carbocycles. The molecular weight excluding hydrogens is 568 g/mol. The molecule has 6 rings (SSSR count). The highest BCUT2D eigenvalue weighted by molar-refractivity contribution is 5.93. The largest absolute Gasteiger partial charge is 0.390 e. The molecule has 10 nitrogen and oxygen atoms in total. The van der Waals surface area contributed by atoms with E-state index in [1.165, 1.54) is 0 Å². The van der Waals surface area contributed by atoms with Crippen LogP contribution in [0.4, 0.5) is 0 Å². The maximum atomic E-state index is 12.7. The lowest BCUT2D eigenvalue weighted by molar-refractivity contribution is -0.123. The number of ether oxygens (including phenoxy) is 1. The van der Waals surface area contributed by atoms with Gasteiger partial charge < -0.3 is 25.4 Å². The fourth-order valence-electron chi connectivity index (χ4n) is 5.93. The molecule has 2 aliphatic heterocycles. The van der Waals surface area contributed by atoms with Crippen LogP contribution in [0, 0.1) is 0 Å². The van der Waals surface area contributed by atoms with Crippen LogP contribution in [0.25, 0.3) is 21.8 Å². The van der Waals surface area contributed by atoms with E-state index in [-0.39, 0.29) is 24.6 Å². The average molecular weight is 609 g/mol. The first-order chi connectivity index (χ1) is 21.9. The maximum Gasteiger partial charge on any atom is 0.249 e. The Morgan fingerprint density at radius 3 is 2.27 bits per heavy atom. The van der Waals surface area contributed by atoms with Crippen molar-refractivity contribution >= 4 is 33.6 Å². The number of amides is 2. The maximum absolute atomic E-state index is 12.7. The lowest BCUT2D eigenvalue weighted by Gasteiger charge is -2.31. The lowest BCUT2D eigenvalue weighted by Crippen LogP contribution is -2.45. The van der Waals surface area contributed by atoms with Crippen LogP contribution >= 0.6 is 0 Å². The fourth-order valence-corrected chi connectivity index (χ4v) is 5.93. The second-order valence-electron chi connectivity index (χ2n) is 11.9. The van der Waals surface area contributed by atoms with Gasteiger partial charge in [-0.2, -0.15) is 0 Å². The molecule has 10 heteroatoms. The van der Waals surface area contributed by atoms with Crippen LogP contribution in [-0.4, -0.2) is 74.9 Å². The first-order valence-electron chi connectivity index (χ1n) is 15.7. The van der Waals surface area contributed by atoms with Gasteiger partial charge in [-0.15, -0.1) is 0 Å². The number of aromatic nitrogens is 2. The summed E-state index contributed by atoms with van der Waals surface area (Å²) < 4.78 is 6.02. The van der Waals surface area contributed by atoms with Gasteiger partial charge in [0, 0.05) is 55.0 Å². The normalized spacial score (nSPS) is 20.1. The Bertz CT molecular complexity index is 1610. The quantitative estimate of drug-likeness (QED) is 0.208. The van der Waals surface area contributed by atoms with Gasteiger partial charge in [0.1, 0.15) is 12.3 Å². The number of carbonyl (C=O) groups excluding carboxylic acids is 2. The van der Waals surface area contributed by atoms with Crippen LogP contribution in [0.1, 0.15) is 44.0 Å². The zero-order valence-corrected chi connectivity index (χ0v) is 25.6. The molecule has 234 valence electrons. The van der Waals surface area contributed by atoms with Crippen molar-refractivity contribution in [3.63, 3.8) is 0 Å². The monoisotopic (exact) mass is 608 g/mol. The molecule has 4 aromatic rings. The zero-order valence-electron chi connectivity index (χ0n) is 25.6. The molecule has 1 saturated heterocycles. The molecule has 3 unspecified atom stereocenters. The Balaban J connectivity index is 1.00. The number of pyridine rings is 2. The van der Waals surface area contributed by atoms with E-state index in [1.54, 1.807) is 13.1 Å². The number of aliphatic hydroxyl groups excluding tert-OH is 1. The van der Waals surface area contributed by atoms with Gasteiger partial charge in [-0.3, -0.25) is 24.5 Å². The standard InChI is InChI=1S/C35H40N6O4/c1-24-20-41(23-37-35(24)44)34-18-31(42)32(45-34)19-36-33(43)12-6-7-17-40(21-27-15-13-25-8-2-4-10-29(25)38-27)22-28-16-14-26-9-3-5-11-30(26)39-28/h2-5,8-11,13-16,20,31-32,34,42H,6-7,12,17-19,21-23H2,1H3,(H,36,43)(H,37,44). The molecule has 1 fully saturated rings. The topological polar surface area (TPSA) is 120 Å². The number of hydrogen-bond donors (Lipinski definition) is 3. The van der Waals surface area contributed by atoms with Crippen LogP contribution < -0.4 is 10.6 Å². The Morgan fingerprint density at radius 2 is 1.62 bits per heavy atom. The molecule has 2 amide bonds. The van der Waals surface area contributed by atoms with Crippen LogP contribution in [0.3, 0.4) is 0 Å². The van der Waals surface area contributed by atoms with Gasteiger partial charge >= 0.3 is 0 Å². The van der Waals surface area contributed by atoms with Crippen molar-refractivity contribution in [2.75, 3.05) is 19.8 Å². The van der Waals surface area contributed by atoms with Crippen LogP contribution in [0.15, 0.2) is 84.6 Å². The summed E-state index contributed by atoms with van der Waals surface area (Å²) in [5.41, 5.74) is 4.55. The number of nitrogens with one attached hydrogen (secondary N) is 2. The van der Waals surface area contributed by atoms with Crippen LogP contribution in [-0.2, 0) is 27.4 Å². The molecule has 2 aliphatic rings. The van der Waals surface area contributed by atoms with Crippen molar-refractivity contribution in [3.8, 4) is 0 Å². The molecule has 0 radical (unpaired) electrons. The van der Waals surface area contributed by atoms with E-state index in [0.717, 1.165) is 52.6 Å². The summed E-state index contributed by atoms with van der Waals surface area (Å²) in [4.78, 5) is 38.4. The van der Waals surface area contributed by atoms with Crippen LogP contribution in [0.5, 0.6) is 0 Å². The first kappa shape index (κ1) is 30.6. The number of benzene rings is 2. The molecular formula is C35H40N6O4. The number of para-hydroxylation sites is 2. The predicted molar refractivity (Wildman–Crippen MR) is 172 cm³/mol. The highest BCUT2D eigenvalue weighted by atomic mass is 16.5. The molecule has 2 aromatic heterocycles. The molecule has 3 atom stereocenters. The minimum Gasteiger partial charge on any atom is -0.390 e. The number of hydrogen-bond acceptors (Lipinski definition) is 8. The van der Waals surface area contributed by atoms with Crippen molar-refractivity contribution < 1.29 is 19.4 Å². The summed E-state index contributed by atoms with van der Waals surface area (Å²) in [6.45, 7) is 4.47. The third-order valence-corrected chi connectivity index (χ3v) is 8.43. The molecule has 2 aromatic carbocycles. The number of nitrogens with zero attached hydrogens (tertiary/aromatic N) is 4. The summed E-state index contributed by atoms with van der Waals surface area (Å²) in [6.07, 6.45) is 2.59. The molecule has 0 spiro atoms. The van der Waals surface area contributed by atoms with E-state index in [9.17, 15) is 14.7 Å². The zero-order chi connectivity index (χ0) is 31.2. The number of unbranched alkanes of at least 4 members (excludes halogenated alkanes) is 1. The molecule has 45 heavy (non-hydrogen) atoms. The van der Waals surface area contributed by atoms with Crippen molar-refractivity contribution in [1.29, 1.82) is 0 Å². The highest BCUT2D eigenvalue weighted by Crippen LogP contribution is 2.25. The van der Waals surface area contributed by atoms with Crippen LogP contribution in [0.2, 0.25) is 0 Å². The lowest BCUT2D eigenvalue weighted by atomic mass is 10.1. The third-order valence-electron chi connectivity index (χ3n) is 8.43. The second kappa shape index (κ2) is 14.2. The first-order valence-corrected chi connectivity index (χ1v) is 15.7. The summed E-state index contributed by atoms with van der Waals surface area (Å²) in [5.74, 6) is -0.165. The Kier molecular flexibility index (Phi) is 9.63. The Morgan fingerprint density at radius 1 is 0.978 bits per heavy atom. The number of rotatable bonds is 12. The Hall–Kier alpha value is -4.38. The average Bonchev–Trinajstić information content (AvgIpc) is 3.43. The predicted octanol–water partition coefficient (Wildman–Crippen LogP) is 3.84. The number of carbonyl (C=O) groups is 2.